The zero-order valence-corrected chi connectivity index (χ0v) is 14.2. The van der Waals surface area contributed by atoms with Gasteiger partial charge in [0.05, 0.1) is 0 Å². The third-order valence-electron chi connectivity index (χ3n) is 4.16. The zero-order chi connectivity index (χ0) is 16.8. The van der Waals surface area contributed by atoms with Crippen LogP contribution in [-0.4, -0.2) is 34.0 Å². The molecule has 3 rings (SSSR count). The lowest BCUT2D eigenvalue weighted by atomic mass is 9.95. The summed E-state index contributed by atoms with van der Waals surface area (Å²) < 4.78 is 3.74. The van der Waals surface area contributed by atoms with Crippen LogP contribution in [0.5, 0.6) is 0 Å². The monoisotopic (exact) mass is 344 g/mol. The largest absolute Gasteiger partial charge is 0.352 e. The summed E-state index contributed by atoms with van der Waals surface area (Å²) >= 11 is 1.12. The highest BCUT2D eigenvalue weighted by Crippen LogP contribution is 2.19. The van der Waals surface area contributed by atoms with E-state index in [0.717, 1.165) is 37.2 Å². The number of carbonyl (C=O) groups excluding carboxylic acids is 2. The van der Waals surface area contributed by atoms with Gasteiger partial charge in [-0.05, 0) is 36.5 Å². The SMILES string of the molecule is O=C(CN(C(=O)c1csnn1)c1ccccc1)NC1CCCCC1. The highest BCUT2D eigenvalue weighted by atomic mass is 32.1. The van der Waals surface area contributed by atoms with Crippen LogP contribution in [0.15, 0.2) is 35.7 Å². The maximum Gasteiger partial charge on any atom is 0.280 e. The van der Waals surface area contributed by atoms with Gasteiger partial charge in [0.2, 0.25) is 5.91 Å². The molecule has 0 atom stereocenters. The first-order valence-electron chi connectivity index (χ1n) is 8.17. The van der Waals surface area contributed by atoms with Gasteiger partial charge in [-0.15, -0.1) is 5.10 Å². The van der Waals surface area contributed by atoms with Gasteiger partial charge in [0, 0.05) is 17.1 Å². The van der Waals surface area contributed by atoms with E-state index in [9.17, 15) is 9.59 Å². The van der Waals surface area contributed by atoms with Crippen LogP contribution in [0, 0.1) is 0 Å². The third-order valence-corrected chi connectivity index (χ3v) is 4.67. The number of nitrogens with zero attached hydrogens (tertiary/aromatic N) is 3. The Hall–Kier alpha value is -2.28. The van der Waals surface area contributed by atoms with Gasteiger partial charge in [0.25, 0.3) is 5.91 Å². The average molecular weight is 344 g/mol. The molecule has 126 valence electrons. The lowest BCUT2D eigenvalue weighted by Gasteiger charge is -2.26. The van der Waals surface area contributed by atoms with E-state index in [0.29, 0.717) is 5.69 Å². The van der Waals surface area contributed by atoms with Crippen LogP contribution in [0.1, 0.15) is 42.6 Å². The second-order valence-electron chi connectivity index (χ2n) is 5.92. The van der Waals surface area contributed by atoms with Crippen LogP contribution >= 0.6 is 11.5 Å². The van der Waals surface area contributed by atoms with Gasteiger partial charge in [-0.1, -0.05) is 41.9 Å². The lowest BCUT2D eigenvalue weighted by Crippen LogP contribution is -2.45. The van der Waals surface area contributed by atoms with Crippen molar-refractivity contribution in [2.24, 2.45) is 0 Å². The van der Waals surface area contributed by atoms with Crippen LogP contribution in [0.4, 0.5) is 5.69 Å². The van der Waals surface area contributed by atoms with Gasteiger partial charge >= 0.3 is 0 Å². The minimum Gasteiger partial charge on any atom is -0.352 e. The van der Waals surface area contributed by atoms with Gasteiger partial charge in [0.1, 0.15) is 6.54 Å². The summed E-state index contributed by atoms with van der Waals surface area (Å²) in [6.45, 7) is -0.0170. The van der Waals surface area contributed by atoms with Gasteiger partial charge in [-0.3, -0.25) is 14.5 Å². The molecule has 1 aromatic heterocycles. The number of amides is 2. The van der Waals surface area contributed by atoms with Gasteiger partial charge in [-0.2, -0.15) is 0 Å². The Labute approximate surface area is 145 Å². The number of para-hydroxylation sites is 1. The Morgan fingerprint density at radius 3 is 2.58 bits per heavy atom. The Morgan fingerprint density at radius 1 is 1.17 bits per heavy atom. The van der Waals surface area contributed by atoms with Crippen molar-refractivity contribution in [1.29, 1.82) is 0 Å². The van der Waals surface area contributed by atoms with Crippen molar-refractivity contribution in [2.45, 2.75) is 38.1 Å². The summed E-state index contributed by atoms with van der Waals surface area (Å²) in [5, 5.41) is 8.48. The third kappa shape index (κ3) is 4.17. The topological polar surface area (TPSA) is 75.2 Å². The summed E-state index contributed by atoms with van der Waals surface area (Å²) in [5.74, 6) is -0.448. The zero-order valence-electron chi connectivity index (χ0n) is 13.4. The predicted molar refractivity (Wildman–Crippen MR) is 93.0 cm³/mol. The van der Waals surface area contributed by atoms with Crippen molar-refractivity contribution >= 4 is 29.0 Å². The van der Waals surface area contributed by atoms with E-state index in [4.69, 9.17) is 0 Å². The molecule has 1 aliphatic carbocycles. The van der Waals surface area contributed by atoms with Crippen LogP contribution < -0.4 is 10.2 Å². The molecule has 0 radical (unpaired) electrons. The fourth-order valence-corrected chi connectivity index (χ4v) is 3.38. The number of carbonyl (C=O) groups is 2. The number of nitrogens with one attached hydrogen (secondary N) is 1. The molecule has 0 spiro atoms. The number of aromatic nitrogens is 2. The minimum absolute atomic E-state index is 0.0170. The number of benzene rings is 1. The van der Waals surface area contributed by atoms with Crippen molar-refractivity contribution in [2.75, 3.05) is 11.4 Å². The van der Waals surface area contributed by atoms with Crippen molar-refractivity contribution < 1.29 is 9.59 Å². The van der Waals surface area contributed by atoms with Gasteiger partial charge in [-0.25, -0.2) is 0 Å². The van der Waals surface area contributed by atoms with E-state index < -0.39 is 0 Å². The molecule has 1 fully saturated rings. The number of rotatable bonds is 5. The second-order valence-corrected chi connectivity index (χ2v) is 6.53. The van der Waals surface area contributed by atoms with Crippen LogP contribution in [0.2, 0.25) is 0 Å². The highest BCUT2D eigenvalue weighted by molar-refractivity contribution is 7.03. The Kier molecular flexibility index (Phi) is 5.53. The fourth-order valence-electron chi connectivity index (χ4n) is 2.95. The maximum atomic E-state index is 12.7. The molecular weight excluding hydrogens is 324 g/mol. The maximum absolute atomic E-state index is 12.7. The minimum atomic E-state index is -0.311. The molecule has 0 unspecified atom stereocenters. The van der Waals surface area contributed by atoms with Crippen LogP contribution in [-0.2, 0) is 4.79 Å². The molecule has 1 aliphatic rings. The second kappa shape index (κ2) is 8.01. The molecule has 6 nitrogen and oxygen atoms in total. The first-order valence-corrected chi connectivity index (χ1v) is 9.01. The molecular formula is C17H20N4O2S. The quantitative estimate of drug-likeness (QED) is 0.905. The molecule has 1 N–H and O–H groups in total. The van der Waals surface area contributed by atoms with E-state index in [1.54, 1.807) is 5.38 Å². The van der Waals surface area contributed by atoms with E-state index in [-0.39, 0.29) is 30.1 Å². The summed E-state index contributed by atoms with van der Waals surface area (Å²) in [6.07, 6.45) is 5.56. The number of anilines is 1. The fraction of sp³-hybridized carbons (Fsp3) is 0.412. The summed E-state index contributed by atoms with van der Waals surface area (Å²) in [7, 11) is 0. The molecule has 2 amide bonds. The van der Waals surface area contributed by atoms with E-state index in [1.165, 1.54) is 11.3 Å². The molecule has 0 bridgehead atoms. The summed E-state index contributed by atoms with van der Waals surface area (Å²) in [4.78, 5) is 26.6. The number of hydrogen-bond donors (Lipinski definition) is 1. The first-order chi connectivity index (χ1) is 11.7. The summed E-state index contributed by atoms with van der Waals surface area (Å²) in [6, 6.07) is 9.40. The average Bonchev–Trinajstić information content (AvgIpc) is 3.15. The van der Waals surface area contributed by atoms with Crippen molar-refractivity contribution in [3.8, 4) is 0 Å². The Morgan fingerprint density at radius 2 is 1.92 bits per heavy atom. The smallest absolute Gasteiger partial charge is 0.280 e. The van der Waals surface area contributed by atoms with Crippen molar-refractivity contribution in [1.82, 2.24) is 14.9 Å². The van der Waals surface area contributed by atoms with E-state index in [1.807, 2.05) is 30.3 Å². The Bertz CT molecular complexity index is 669. The molecule has 1 saturated carbocycles. The predicted octanol–water partition coefficient (Wildman–Crippen LogP) is 2.63. The lowest BCUT2D eigenvalue weighted by molar-refractivity contribution is -0.120. The molecule has 1 aromatic carbocycles. The first kappa shape index (κ1) is 16.6. The molecule has 7 heteroatoms. The van der Waals surface area contributed by atoms with Crippen molar-refractivity contribution in [3.05, 3.63) is 41.4 Å². The molecule has 0 saturated heterocycles. The highest BCUT2D eigenvalue weighted by Gasteiger charge is 2.24. The van der Waals surface area contributed by atoms with Gasteiger partial charge < -0.3 is 5.32 Å². The molecule has 1 heterocycles. The normalized spacial score (nSPS) is 15.0. The van der Waals surface area contributed by atoms with Crippen LogP contribution in [0.3, 0.4) is 0 Å². The molecule has 2 aromatic rings. The Balaban J connectivity index is 1.72. The standard InChI is InChI=1S/C17H20N4O2S/c22-16(18-13-7-3-1-4-8-13)11-21(14-9-5-2-6-10-14)17(23)15-12-24-20-19-15/h2,5-6,9-10,12-13H,1,3-4,7-8,11H2,(H,18,22). The molecule has 24 heavy (non-hydrogen) atoms. The van der Waals surface area contributed by atoms with E-state index >= 15 is 0 Å². The van der Waals surface area contributed by atoms with E-state index in [2.05, 4.69) is 14.9 Å². The van der Waals surface area contributed by atoms with Crippen molar-refractivity contribution in [3.63, 3.8) is 0 Å². The number of hydrogen-bond acceptors (Lipinski definition) is 5. The summed E-state index contributed by atoms with van der Waals surface area (Å²) in [5.41, 5.74) is 0.934. The van der Waals surface area contributed by atoms with Gasteiger partial charge in [0.15, 0.2) is 5.69 Å². The molecule has 0 aliphatic heterocycles. The van der Waals surface area contributed by atoms with Crippen LogP contribution in [0.25, 0.3) is 0 Å².